The Bertz CT molecular complexity index is 697. The van der Waals surface area contributed by atoms with Crippen LogP contribution in [0.5, 0.6) is 0 Å². The van der Waals surface area contributed by atoms with Gasteiger partial charge in [-0.2, -0.15) is 5.10 Å². The highest BCUT2D eigenvalue weighted by Gasteiger charge is 2.26. The van der Waals surface area contributed by atoms with E-state index in [9.17, 15) is 4.79 Å². The quantitative estimate of drug-likeness (QED) is 0.946. The summed E-state index contributed by atoms with van der Waals surface area (Å²) < 4.78 is 4.14. The standard InChI is InChI=1S/C16H21N5O/c1-11-17-8-15-6-5-12(9-20(11)15)16(22)19-13-7-18-21(10-13)14-3-2-4-14/h7-8,10,12,14H,2-6,9H2,1H3,(H,19,22). The Morgan fingerprint density at radius 3 is 2.95 bits per heavy atom. The first-order valence-electron chi connectivity index (χ1n) is 8.07. The predicted molar refractivity (Wildman–Crippen MR) is 82.5 cm³/mol. The zero-order valence-electron chi connectivity index (χ0n) is 12.8. The van der Waals surface area contributed by atoms with Crippen LogP contribution in [0, 0.1) is 12.8 Å². The van der Waals surface area contributed by atoms with E-state index in [0.29, 0.717) is 6.04 Å². The minimum Gasteiger partial charge on any atom is -0.331 e. The molecule has 6 heteroatoms. The molecule has 1 fully saturated rings. The van der Waals surface area contributed by atoms with Crippen LogP contribution in [0.15, 0.2) is 18.6 Å². The number of fused-ring (bicyclic) bond motifs is 1. The fourth-order valence-electron chi connectivity index (χ4n) is 3.31. The van der Waals surface area contributed by atoms with Crippen LogP contribution in [-0.2, 0) is 17.8 Å². The number of amides is 1. The molecule has 0 radical (unpaired) electrons. The highest BCUT2D eigenvalue weighted by Crippen LogP contribution is 2.31. The van der Waals surface area contributed by atoms with Gasteiger partial charge in [-0.25, -0.2) is 4.98 Å². The lowest BCUT2D eigenvalue weighted by atomic mass is 9.93. The number of rotatable bonds is 3. The van der Waals surface area contributed by atoms with E-state index in [1.807, 2.05) is 24.0 Å². The Morgan fingerprint density at radius 2 is 2.18 bits per heavy atom. The summed E-state index contributed by atoms with van der Waals surface area (Å²) in [7, 11) is 0. The predicted octanol–water partition coefficient (Wildman–Crippen LogP) is 2.31. The number of carbonyl (C=O) groups is 1. The molecule has 1 amide bonds. The second-order valence-corrected chi connectivity index (χ2v) is 6.43. The Hall–Kier alpha value is -2.11. The van der Waals surface area contributed by atoms with Crippen LogP contribution in [-0.4, -0.2) is 25.2 Å². The Morgan fingerprint density at radius 1 is 1.32 bits per heavy atom. The molecule has 2 aromatic heterocycles. The fourth-order valence-corrected chi connectivity index (χ4v) is 3.31. The summed E-state index contributed by atoms with van der Waals surface area (Å²) in [4.78, 5) is 16.8. The molecular weight excluding hydrogens is 278 g/mol. The minimum atomic E-state index is 0.00690. The maximum absolute atomic E-state index is 12.5. The van der Waals surface area contributed by atoms with Crippen LogP contribution in [0.2, 0.25) is 0 Å². The zero-order chi connectivity index (χ0) is 15.1. The van der Waals surface area contributed by atoms with Gasteiger partial charge in [-0.1, -0.05) is 0 Å². The van der Waals surface area contributed by atoms with Gasteiger partial charge in [0.15, 0.2) is 0 Å². The first kappa shape index (κ1) is 13.5. The number of hydrogen-bond acceptors (Lipinski definition) is 3. The second kappa shape index (κ2) is 5.26. The highest BCUT2D eigenvalue weighted by molar-refractivity contribution is 5.92. The topological polar surface area (TPSA) is 64.7 Å². The van der Waals surface area contributed by atoms with Crippen LogP contribution in [0.4, 0.5) is 5.69 Å². The van der Waals surface area contributed by atoms with Gasteiger partial charge in [0.2, 0.25) is 5.91 Å². The van der Waals surface area contributed by atoms with Gasteiger partial charge >= 0.3 is 0 Å². The molecule has 2 aliphatic rings. The summed E-state index contributed by atoms with van der Waals surface area (Å²) in [5.74, 6) is 1.09. The van der Waals surface area contributed by atoms with Crippen molar-refractivity contribution in [3.05, 3.63) is 30.1 Å². The summed E-state index contributed by atoms with van der Waals surface area (Å²) >= 11 is 0. The summed E-state index contributed by atoms with van der Waals surface area (Å²) in [5.41, 5.74) is 2.05. The Labute approximate surface area is 129 Å². The van der Waals surface area contributed by atoms with E-state index in [2.05, 4.69) is 20.0 Å². The number of anilines is 1. The smallest absolute Gasteiger partial charge is 0.229 e. The van der Waals surface area contributed by atoms with Crippen LogP contribution in [0.25, 0.3) is 0 Å². The molecule has 0 saturated heterocycles. The molecule has 1 aliphatic carbocycles. The van der Waals surface area contributed by atoms with Crippen LogP contribution >= 0.6 is 0 Å². The zero-order valence-corrected chi connectivity index (χ0v) is 12.8. The van der Waals surface area contributed by atoms with Gasteiger partial charge in [-0.15, -0.1) is 0 Å². The molecule has 6 nitrogen and oxygen atoms in total. The lowest BCUT2D eigenvalue weighted by Gasteiger charge is -2.25. The lowest BCUT2D eigenvalue weighted by molar-refractivity contribution is -0.120. The van der Waals surface area contributed by atoms with Gasteiger partial charge < -0.3 is 9.88 Å². The monoisotopic (exact) mass is 299 g/mol. The third-order valence-electron chi connectivity index (χ3n) is 4.98. The van der Waals surface area contributed by atoms with Crippen molar-refractivity contribution in [2.45, 2.75) is 51.6 Å². The average Bonchev–Trinajstić information content (AvgIpc) is 3.05. The lowest BCUT2D eigenvalue weighted by Crippen LogP contribution is -2.31. The van der Waals surface area contributed by atoms with Crippen molar-refractivity contribution in [1.82, 2.24) is 19.3 Å². The van der Waals surface area contributed by atoms with Gasteiger partial charge in [0.1, 0.15) is 5.82 Å². The van der Waals surface area contributed by atoms with Crippen molar-refractivity contribution in [2.24, 2.45) is 5.92 Å². The third kappa shape index (κ3) is 2.32. The normalized spacial score (nSPS) is 21.2. The summed E-state index contributed by atoms with van der Waals surface area (Å²) in [5, 5.41) is 7.39. The van der Waals surface area contributed by atoms with E-state index >= 15 is 0 Å². The molecule has 1 unspecified atom stereocenters. The molecule has 22 heavy (non-hydrogen) atoms. The Balaban J connectivity index is 1.42. The van der Waals surface area contributed by atoms with E-state index in [4.69, 9.17) is 0 Å². The van der Waals surface area contributed by atoms with E-state index in [1.165, 1.54) is 25.0 Å². The van der Waals surface area contributed by atoms with Crippen LogP contribution in [0.1, 0.15) is 43.2 Å². The molecular formula is C16H21N5O. The number of aryl methyl sites for hydroxylation is 2. The summed E-state index contributed by atoms with van der Waals surface area (Å²) in [6, 6.07) is 0.525. The number of nitrogens with one attached hydrogen (secondary N) is 1. The second-order valence-electron chi connectivity index (χ2n) is 6.43. The van der Waals surface area contributed by atoms with E-state index in [0.717, 1.165) is 30.9 Å². The largest absolute Gasteiger partial charge is 0.331 e. The maximum Gasteiger partial charge on any atom is 0.229 e. The van der Waals surface area contributed by atoms with Crippen LogP contribution in [0.3, 0.4) is 0 Å². The molecule has 0 bridgehead atoms. The number of imidazole rings is 1. The molecule has 4 rings (SSSR count). The highest BCUT2D eigenvalue weighted by atomic mass is 16.1. The molecule has 116 valence electrons. The molecule has 1 saturated carbocycles. The van der Waals surface area contributed by atoms with E-state index in [1.54, 1.807) is 6.20 Å². The SMILES string of the molecule is Cc1ncc2n1CC(C(=O)Nc1cnn(C3CCC3)c1)CC2. The minimum absolute atomic E-state index is 0.00690. The summed E-state index contributed by atoms with van der Waals surface area (Å²) in [6.07, 6.45) is 11.1. The van der Waals surface area contributed by atoms with Crippen molar-refractivity contribution in [3.8, 4) is 0 Å². The average molecular weight is 299 g/mol. The molecule has 1 atom stereocenters. The van der Waals surface area contributed by atoms with Crippen molar-refractivity contribution in [2.75, 3.05) is 5.32 Å². The number of hydrogen-bond donors (Lipinski definition) is 1. The molecule has 0 aromatic carbocycles. The van der Waals surface area contributed by atoms with Crippen molar-refractivity contribution in [3.63, 3.8) is 0 Å². The number of aromatic nitrogens is 4. The number of carbonyl (C=O) groups excluding carboxylic acids is 1. The maximum atomic E-state index is 12.5. The third-order valence-corrected chi connectivity index (χ3v) is 4.98. The van der Waals surface area contributed by atoms with E-state index < -0.39 is 0 Å². The molecule has 3 heterocycles. The molecule has 0 spiro atoms. The van der Waals surface area contributed by atoms with Crippen molar-refractivity contribution < 1.29 is 4.79 Å². The van der Waals surface area contributed by atoms with Gasteiger partial charge in [-0.3, -0.25) is 9.48 Å². The Kier molecular flexibility index (Phi) is 3.24. The number of nitrogens with zero attached hydrogens (tertiary/aromatic N) is 4. The summed E-state index contributed by atoms with van der Waals surface area (Å²) in [6.45, 7) is 2.72. The first-order valence-corrected chi connectivity index (χ1v) is 8.07. The first-order chi connectivity index (χ1) is 10.7. The fraction of sp³-hybridized carbons (Fsp3) is 0.562. The van der Waals surface area contributed by atoms with Gasteiger partial charge in [-0.05, 0) is 39.0 Å². The molecule has 1 aliphatic heterocycles. The molecule has 1 N–H and O–H groups in total. The van der Waals surface area contributed by atoms with Gasteiger partial charge in [0.25, 0.3) is 0 Å². The van der Waals surface area contributed by atoms with Crippen molar-refractivity contribution >= 4 is 11.6 Å². The van der Waals surface area contributed by atoms with Gasteiger partial charge in [0.05, 0.1) is 23.8 Å². The van der Waals surface area contributed by atoms with E-state index in [-0.39, 0.29) is 11.8 Å². The van der Waals surface area contributed by atoms with Crippen LogP contribution < -0.4 is 5.32 Å². The molecule has 2 aromatic rings. The van der Waals surface area contributed by atoms with Gasteiger partial charge in [0, 0.05) is 24.6 Å². The van der Waals surface area contributed by atoms with Crippen molar-refractivity contribution in [1.29, 1.82) is 0 Å².